The van der Waals surface area contributed by atoms with Gasteiger partial charge in [-0.05, 0) is 55.4 Å². The molecule has 0 heterocycles. The molecule has 1 spiro atoms. The lowest BCUT2D eigenvalue weighted by molar-refractivity contribution is -0.150. The van der Waals surface area contributed by atoms with Gasteiger partial charge in [0.1, 0.15) is 5.92 Å². The predicted molar refractivity (Wildman–Crippen MR) is 127 cm³/mol. The van der Waals surface area contributed by atoms with Crippen LogP contribution in [0.1, 0.15) is 56.6 Å². The smallest absolute Gasteiger partial charge is 0.345 e. The number of fused-ring (bicyclic) bond motifs is 1. The summed E-state index contributed by atoms with van der Waals surface area (Å²) in [6, 6.07) is 14.4. The lowest BCUT2D eigenvalue weighted by Gasteiger charge is -2.44. The Bertz CT molecular complexity index is 1030. The topological polar surface area (TPSA) is 67.8 Å². The quantitative estimate of drug-likeness (QED) is 0.545. The molecule has 2 aromatic carbocycles. The van der Waals surface area contributed by atoms with Gasteiger partial charge in [0.05, 0.1) is 12.3 Å². The van der Waals surface area contributed by atoms with Crippen molar-refractivity contribution in [2.24, 2.45) is 16.3 Å². The van der Waals surface area contributed by atoms with Crippen molar-refractivity contribution in [3.63, 3.8) is 0 Å². The molecule has 0 saturated heterocycles. The van der Waals surface area contributed by atoms with E-state index in [4.69, 9.17) is 16.3 Å². The highest BCUT2D eigenvalue weighted by Crippen LogP contribution is 2.49. The van der Waals surface area contributed by atoms with E-state index in [0.29, 0.717) is 23.0 Å². The van der Waals surface area contributed by atoms with Gasteiger partial charge < -0.3 is 10.1 Å². The number of halogens is 1. The number of nitrogens with zero attached hydrogens (tertiary/aromatic N) is 1. The first kappa shape index (κ1) is 22.5. The van der Waals surface area contributed by atoms with Crippen LogP contribution in [0.3, 0.4) is 0 Å². The molecule has 5 nitrogen and oxygen atoms in total. The van der Waals surface area contributed by atoms with Crippen LogP contribution < -0.4 is 5.32 Å². The van der Waals surface area contributed by atoms with Crippen LogP contribution in [0.2, 0.25) is 5.02 Å². The van der Waals surface area contributed by atoms with Crippen LogP contribution in [-0.4, -0.2) is 24.3 Å². The zero-order valence-electron chi connectivity index (χ0n) is 18.4. The first-order chi connectivity index (χ1) is 15.5. The standard InChI is InChI=1S/C26H29ClN2O3/c1-2-32-24(30)22-23(29-25(31)28-20-12-9-11-19(27)16-20)21-13-6-5-10-18(21)17-26(22)14-7-3-4-8-15-26/h5-6,9-13,16,22H,2-4,7-8,14-15,17H2,1H3,(H,28,31). The molecule has 2 aromatic rings. The molecule has 0 radical (unpaired) electrons. The summed E-state index contributed by atoms with van der Waals surface area (Å²) < 4.78 is 5.54. The average Bonchev–Trinajstić information content (AvgIpc) is 2.99. The lowest BCUT2D eigenvalue weighted by atomic mass is 9.60. The summed E-state index contributed by atoms with van der Waals surface area (Å²) in [6.07, 6.45) is 7.14. The number of carbonyl (C=O) groups is 2. The van der Waals surface area contributed by atoms with E-state index in [-0.39, 0.29) is 11.4 Å². The SMILES string of the molecule is CCOC(=O)C1C(=NC(=O)Nc2cccc(Cl)c2)c2ccccc2CC12CCCCCC2. The number of benzene rings is 2. The second-order valence-corrected chi connectivity index (χ2v) is 9.17. The van der Waals surface area contributed by atoms with Crippen molar-refractivity contribution in [2.75, 3.05) is 11.9 Å². The molecule has 1 saturated carbocycles. The Hall–Kier alpha value is -2.66. The first-order valence-corrected chi connectivity index (χ1v) is 11.8. The predicted octanol–water partition coefficient (Wildman–Crippen LogP) is 6.44. The van der Waals surface area contributed by atoms with E-state index in [1.54, 1.807) is 24.3 Å². The molecular formula is C26H29ClN2O3. The van der Waals surface area contributed by atoms with Crippen LogP contribution in [0.4, 0.5) is 10.5 Å². The summed E-state index contributed by atoms with van der Waals surface area (Å²) >= 11 is 6.05. The normalized spacial score (nSPS) is 20.9. The third-order valence-corrected chi connectivity index (χ3v) is 6.88. The number of urea groups is 1. The number of rotatable bonds is 3. The number of hydrogen-bond donors (Lipinski definition) is 1. The largest absolute Gasteiger partial charge is 0.465 e. The molecule has 32 heavy (non-hydrogen) atoms. The highest BCUT2D eigenvalue weighted by Gasteiger charge is 2.50. The van der Waals surface area contributed by atoms with Gasteiger partial charge in [-0.25, -0.2) is 4.79 Å². The molecule has 0 bridgehead atoms. The molecule has 1 atom stereocenters. The summed E-state index contributed by atoms with van der Waals surface area (Å²) in [5.41, 5.74) is 2.82. The molecule has 2 amide bonds. The lowest BCUT2D eigenvalue weighted by Crippen LogP contribution is -2.47. The highest BCUT2D eigenvalue weighted by molar-refractivity contribution is 6.31. The van der Waals surface area contributed by atoms with E-state index in [9.17, 15) is 9.59 Å². The Morgan fingerprint density at radius 3 is 2.56 bits per heavy atom. The summed E-state index contributed by atoms with van der Waals surface area (Å²) in [4.78, 5) is 30.8. The van der Waals surface area contributed by atoms with Crippen LogP contribution in [0.5, 0.6) is 0 Å². The molecule has 168 valence electrons. The molecule has 2 aliphatic rings. The monoisotopic (exact) mass is 452 g/mol. The number of ether oxygens (including phenoxy) is 1. The van der Waals surface area contributed by atoms with Crippen LogP contribution >= 0.6 is 11.6 Å². The van der Waals surface area contributed by atoms with Crippen molar-refractivity contribution in [2.45, 2.75) is 51.9 Å². The van der Waals surface area contributed by atoms with Gasteiger partial charge in [-0.3, -0.25) is 4.79 Å². The molecule has 1 unspecified atom stereocenters. The van der Waals surface area contributed by atoms with Gasteiger partial charge in [0.15, 0.2) is 0 Å². The number of hydrogen-bond acceptors (Lipinski definition) is 3. The second kappa shape index (κ2) is 9.86. The van der Waals surface area contributed by atoms with Crippen LogP contribution in [0.25, 0.3) is 0 Å². The third kappa shape index (κ3) is 4.73. The first-order valence-electron chi connectivity index (χ1n) is 11.4. The van der Waals surface area contributed by atoms with Gasteiger partial charge in [-0.1, -0.05) is 67.6 Å². The number of nitrogens with one attached hydrogen (secondary N) is 1. The molecule has 2 aliphatic carbocycles. The fourth-order valence-electron chi connectivity index (χ4n) is 5.29. The zero-order chi connectivity index (χ0) is 22.6. The molecule has 1 fully saturated rings. The third-order valence-electron chi connectivity index (χ3n) is 6.64. The summed E-state index contributed by atoms with van der Waals surface area (Å²) in [6.45, 7) is 2.12. The Morgan fingerprint density at radius 1 is 1.09 bits per heavy atom. The maximum Gasteiger partial charge on any atom is 0.345 e. The van der Waals surface area contributed by atoms with Gasteiger partial charge >= 0.3 is 12.0 Å². The number of anilines is 1. The van der Waals surface area contributed by atoms with Gasteiger partial charge in [-0.2, -0.15) is 4.99 Å². The van der Waals surface area contributed by atoms with Gasteiger partial charge in [-0.15, -0.1) is 0 Å². The van der Waals surface area contributed by atoms with E-state index in [1.807, 2.05) is 25.1 Å². The minimum absolute atomic E-state index is 0.272. The van der Waals surface area contributed by atoms with E-state index < -0.39 is 11.9 Å². The Kier molecular flexibility index (Phi) is 6.95. The van der Waals surface area contributed by atoms with Crippen molar-refractivity contribution >= 4 is 35.0 Å². The molecule has 0 aromatic heterocycles. The van der Waals surface area contributed by atoms with Crippen molar-refractivity contribution < 1.29 is 14.3 Å². The molecule has 4 rings (SSSR count). The van der Waals surface area contributed by atoms with Crippen LogP contribution in [0, 0.1) is 11.3 Å². The Labute approximate surface area is 194 Å². The minimum Gasteiger partial charge on any atom is -0.465 e. The maximum atomic E-state index is 13.3. The van der Waals surface area contributed by atoms with Gasteiger partial charge in [0.25, 0.3) is 0 Å². The zero-order valence-corrected chi connectivity index (χ0v) is 19.2. The summed E-state index contributed by atoms with van der Waals surface area (Å²) in [5.74, 6) is -0.834. The number of carbonyl (C=O) groups excluding carboxylic acids is 2. The van der Waals surface area contributed by atoms with Crippen LogP contribution in [0.15, 0.2) is 53.5 Å². The molecule has 0 aliphatic heterocycles. The van der Waals surface area contributed by atoms with Crippen molar-refractivity contribution in [1.29, 1.82) is 0 Å². The summed E-state index contributed by atoms with van der Waals surface area (Å²) in [7, 11) is 0. The Morgan fingerprint density at radius 2 is 1.84 bits per heavy atom. The van der Waals surface area contributed by atoms with E-state index >= 15 is 0 Å². The molecular weight excluding hydrogens is 424 g/mol. The molecule has 1 N–H and O–H groups in total. The van der Waals surface area contributed by atoms with E-state index in [2.05, 4.69) is 16.4 Å². The highest BCUT2D eigenvalue weighted by atomic mass is 35.5. The van der Waals surface area contributed by atoms with Gasteiger partial charge in [0, 0.05) is 16.3 Å². The van der Waals surface area contributed by atoms with E-state index in [0.717, 1.165) is 43.2 Å². The number of esters is 1. The van der Waals surface area contributed by atoms with Crippen molar-refractivity contribution in [3.8, 4) is 0 Å². The number of amides is 2. The van der Waals surface area contributed by atoms with Gasteiger partial charge in [0.2, 0.25) is 0 Å². The van der Waals surface area contributed by atoms with E-state index in [1.165, 1.54) is 12.8 Å². The van der Waals surface area contributed by atoms with Crippen molar-refractivity contribution in [1.82, 2.24) is 0 Å². The molecule has 6 heteroatoms. The van der Waals surface area contributed by atoms with Crippen LogP contribution in [-0.2, 0) is 16.0 Å². The van der Waals surface area contributed by atoms with Crippen molar-refractivity contribution in [3.05, 3.63) is 64.7 Å². The number of aliphatic imine (C=N–C) groups is 1. The second-order valence-electron chi connectivity index (χ2n) is 8.73. The fourth-order valence-corrected chi connectivity index (χ4v) is 5.48. The maximum absolute atomic E-state index is 13.3. The fraction of sp³-hybridized carbons (Fsp3) is 0.423. The Balaban J connectivity index is 1.79. The minimum atomic E-state index is -0.555. The summed E-state index contributed by atoms with van der Waals surface area (Å²) in [5, 5.41) is 3.32. The average molecular weight is 453 g/mol.